The summed E-state index contributed by atoms with van der Waals surface area (Å²) in [5.74, 6) is -0.270. The fourth-order valence-electron chi connectivity index (χ4n) is 1.79. The van der Waals surface area contributed by atoms with Crippen LogP contribution in [0, 0.1) is 0 Å². The van der Waals surface area contributed by atoms with Crippen LogP contribution in [0.25, 0.3) is 11.1 Å². The van der Waals surface area contributed by atoms with E-state index in [1.165, 1.54) is 12.1 Å². The Morgan fingerprint density at radius 2 is 1.65 bits per heavy atom. The van der Waals surface area contributed by atoms with Gasteiger partial charge in [-0.05, 0) is 11.6 Å². The SMILES string of the molecule is FC(F)(F)Oc1ccccc1-c1cccc(CBr)c1Cl. The molecule has 20 heavy (non-hydrogen) atoms. The lowest BCUT2D eigenvalue weighted by Gasteiger charge is -2.15. The predicted octanol–water partition coefficient (Wildman–Crippen LogP) is 5.80. The maximum absolute atomic E-state index is 12.4. The molecule has 0 radical (unpaired) electrons. The van der Waals surface area contributed by atoms with Gasteiger partial charge in [0, 0.05) is 16.5 Å². The fourth-order valence-corrected chi connectivity index (χ4v) is 2.72. The summed E-state index contributed by atoms with van der Waals surface area (Å²) in [5.41, 5.74) is 1.60. The highest BCUT2D eigenvalue weighted by molar-refractivity contribution is 9.08. The lowest BCUT2D eigenvalue weighted by molar-refractivity contribution is -0.274. The van der Waals surface area contributed by atoms with E-state index in [0.29, 0.717) is 21.5 Å². The first-order valence-electron chi connectivity index (χ1n) is 5.61. The highest BCUT2D eigenvalue weighted by Gasteiger charge is 2.32. The zero-order valence-corrected chi connectivity index (χ0v) is 12.4. The third-order valence-electron chi connectivity index (χ3n) is 2.63. The van der Waals surface area contributed by atoms with Gasteiger partial charge in [0.15, 0.2) is 0 Å². The molecule has 0 atom stereocenters. The lowest BCUT2D eigenvalue weighted by Crippen LogP contribution is -2.17. The van der Waals surface area contributed by atoms with Gasteiger partial charge < -0.3 is 4.74 Å². The van der Waals surface area contributed by atoms with E-state index in [2.05, 4.69) is 20.7 Å². The van der Waals surface area contributed by atoms with E-state index in [4.69, 9.17) is 11.6 Å². The summed E-state index contributed by atoms with van der Waals surface area (Å²) in [5, 5.41) is 0.921. The Morgan fingerprint density at radius 3 is 2.30 bits per heavy atom. The quantitative estimate of drug-likeness (QED) is 0.625. The maximum Gasteiger partial charge on any atom is 0.573 e. The van der Waals surface area contributed by atoms with Crippen LogP contribution in [0.1, 0.15) is 5.56 Å². The Labute approximate surface area is 127 Å². The Kier molecular flexibility index (Phi) is 4.60. The number of ether oxygens (including phenoxy) is 1. The summed E-state index contributed by atoms with van der Waals surface area (Å²) in [4.78, 5) is 0. The molecule has 0 saturated heterocycles. The van der Waals surface area contributed by atoms with Crippen LogP contribution in [0.3, 0.4) is 0 Å². The summed E-state index contributed by atoms with van der Waals surface area (Å²) in [6.45, 7) is 0. The van der Waals surface area contributed by atoms with Gasteiger partial charge in [-0.3, -0.25) is 0 Å². The van der Waals surface area contributed by atoms with Crippen LogP contribution in [-0.4, -0.2) is 6.36 Å². The number of hydrogen-bond acceptors (Lipinski definition) is 1. The molecule has 106 valence electrons. The van der Waals surface area contributed by atoms with Gasteiger partial charge >= 0.3 is 6.36 Å². The van der Waals surface area contributed by atoms with E-state index in [1.54, 1.807) is 30.3 Å². The first-order valence-corrected chi connectivity index (χ1v) is 7.11. The molecule has 0 aliphatic rings. The van der Waals surface area contributed by atoms with E-state index in [1.807, 2.05) is 0 Å². The van der Waals surface area contributed by atoms with Crippen molar-refractivity contribution in [3.05, 3.63) is 53.1 Å². The number of hydrogen-bond donors (Lipinski definition) is 0. The van der Waals surface area contributed by atoms with Gasteiger partial charge in [-0.2, -0.15) is 0 Å². The standard InChI is InChI=1S/C14H9BrClF3O/c15-8-9-4-3-6-11(13(9)16)10-5-1-2-7-12(10)20-14(17,18)19/h1-7H,8H2. The molecule has 0 heterocycles. The lowest BCUT2D eigenvalue weighted by atomic mass is 10.0. The van der Waals surface area contributed by atoms with Crippen molar-refractivity contribution in [2.45, 2.75) is 11.7 Å². The monoisotopic (exact) mass is 364 g/mol. The van der Waals surface area contributed by atoms with Gasteiger partial charge in [-0.1, -0.05) is 63.9 Å². The van der Waals surface area contributed by atoms with Crippen molar-refractivity contribution in [2.75, 3.05) is 0 Å². The molecule has 0 bridgehead atoms. The molecule has 0 aliphatic carbocycles. The Balaban J connectivity index is 2.53. The average Bonchev–Trinajstić information content (AvgIpc) is 2.38. The van der Waals surface area contributed by atoms with Crippen molar-refractivity contribution < 1.29 is 17.9 Å². The molecule has 1 nitrogen and oxygen atoms in total. The molecule has 0 amide bonds. The minimum absolute atomic E-state index is 0.270. The molecule has 2 aromatic carbocycles. The largest absolute Gasteiger partial charge is 0.573 e. The van der Waals surface area contributed by atoms with Crippen molar-refractivity contribution in [1.29, 1.82) is 0 Å². The second-order valence-corrected chi connectivity index (χ2v) is 4.89. The van der Waals surface area contributed by atoms with E-state index in [9.17, 15) is 13.2 Å². The Hall–Kier alpha value is -1.20. The molecular formula is C14H9BrClF3O. The van der Waals surface area contributed by atoms with Crippen molar-refractivity contribution in [2.24, 2.45) is 0 Å². The van der Waals surface area contributed by atoms with Crippen molar-refractivity contribution in [3.8, 4) is 16.9 Å². The number of rotatable bonds is 3. The van der Waals surface area contributed by atoms with Gasteiger partial charge in [0.2, 0.25) is 0 Å². The molecule has 0 spiro atoms. The zero-order valence-electron chi connectivity index (χ0n) is 10.0. The van der Waals surface area contributed by atoms with Gasteiger partial charge in [0.25, 0.3) is 0 Å². The Bertz CT molecular complexity index is 614. The van der Waals surface area contributed by atoms with E-state index in [0.717, 1.165) is 5.56 Å². The molecule has 0 saturated carbocycles. The topological polar surface area (TPSA) is 9.23 Å². The molecule has 0 fully saturated rings. The van der Waals surface area contributed by atoms with Crippen LogP contribution >= 0.6 is 27.5 Å². The smallest absolute Gasteiger partial charge is 0.405 e. The minimum Gasteiger partial charge on any atom is -0.405 e. The molecule has 0 aliphatic heterocycles. The van der Waals surface area contributed by atoms with Gasteiger partial charge in [0.1, 0.15) is 5.75 Å². The van der Waals surface area contributed by atoms with Crippen LogP contribution in [0.2, 0.25) is 5.02 Å². The summed E-state index contributed by atoms with van der Waals surface area (Å²) in [7, 11) is 0. The summed E-state index contributed by atoms with van der Waals surface area (Å²) in [6.07, 6.45) is -4.74. The second-order valence-electron chi connectivity index (χ2n) is 3.96. The van der Waals surface area contributed by atoms with Crippen LogP contribution < -0.4 is 4.74 Å². The number of benzene rings is 2. The third-order valence-corrected chi connectivity index (χ3v) is 3.68. The first-order chi connectivity index (χ1) is 9.42. The third kappa shape index (κ3) is 3.46. The van der Waals surface area contributed by atoms with Gasteiger partial charge in [0.05, 0.1) is 5.02 Å². The van der Waals surface area contributed by atoms with Crippen LogP contribution in [0.5, 0.6) is 5.75 Å². The normalized spacial score (nSPS) is 11.4. The van der Waals surface area contributed by atoms with E-state index in [-0.39, 0.29) is 5.75 Å². The Morgan fingerprint density at radius 1 is 1.00 bits per heavy atom. The molecule has 2 aromatic rings. The summed E-state index contributed by atoms with van der Waals surface area (Å²) < 4.78 is 41.3. The van der Waals surface area contributed by atoms with Crippen molar-refractivity contribution in [1.82, 2.24) is 0 Å². The van der Waals surface area contributed by atoms with Gasteiger partial charge in [-0.15, -0.1) is 13.2 Å². The minimum atomic E-state index is -4.74. The van der Waals surface area contributed by atoms with E-state index < -0.39 is 6.36 Å². The van der Waals surface area contributed by atoms with Crippen LogP contribution in [0.15, 0.2) is 42.5 Å². The van der Waals surface area contributed by atoms with Gasteiger partial charge in [-0.25, -0.2) is 0 Å². The number of alkyl halides is 4. The fraction of sp³-hybridized carbons (Fsp3) is 0.143. The molecule has 0 N–H and O–H groups in total. The van der Waals surface area contributed by atoms with Crippen molar-refractivity contribution >= 4 is 27.5 Å². The first kappa shape index (κ1) is 15.2. The van der Waals surface area contributed by atoms with Crippen LogP contribution in [-0.2, 0) is 5.33 Å². The van der Waals surface area contributed by atoms with Crippen molar-refractivity contribution in [3.63, 3.8) is 0 Å². The molecule has 0 aromatic heterocycles. The zero-order chi connectivity index (χ0) is 14.8. The average molecular weight is 366 g/mol. The number of para-hydroxylation sites is 1. The second kappa shape index (κ2) is 6.06. The number of halogens is 5. The highest BCUT2D eigenvalue weighted by atomic mass is 79.9. The maximum atomic E-state index is 12.4. The molecule has 2 rings (SSSR count). The summed E-state index contributed by atoms with van der Waals surface area (Å²) in [6, 6.07) is 11.1. The van der Waals surface area contributed by atoms with Crippen LogP contribution in [0.4, 0.5) is 13.2 Å². The molecular weight excluding hydrogens is 357 g/mol. The molecule has 0 unspecified atom stereocenters. The molecule has 6 heteroatoms. The summed E-state index contributed by atoms with van der Waals surface area (Å²) >= 11 is 9.51. The highest BCUT2D eigenvalue weighted by Crippen LogP contribution is 2.38. The van der Waals surface area contributed by atoms with E-state index >= 15 is 0 Å². The predicted molar refractivity (Wildman–Crippen MR) is 76.2 cm³/mol.